The Morgan fingerprint density at radius 3 is 2.77 bits per heavy atom. The Balaban J connectivity index is 1.83. The number of nitrogens with zero attached hydrogens (tertiary/aromatic N) is 1. The maximum absolute atomic E-state index is 5.82. The van der Waals surface area contributed by atoms with Crippen LogP contribution >= 0.6 is 0 Å². The predicted molar refractivity (Wildman–Crippen MR) is 52.8 cm³/mol. The molecule has 0 aromatic carbocycles. The van der Waals surface area contributed by atoms with Crippen molar-refractivity contribution in [3.8, 4) is 0 Å². The molecule has 2 saturated heterocycles. The van der Waals surface area contributed by atoms with Crippen molar-refractivity contribution in [2.45, 2.75) is 18.9 Å². The quantitative estimate of drug-likeness (QED) is 0.635. The minimum atomic E-state index is 0.501. The van der Waals surface area contributed by atoms with E-state index in [4.69, 9.17) is 4.74 Å². The fraction of sp³-hybridized carbons (Fsp3) is 1.00. The summed E-state index contributed by atoms with van der Waals surface area (Å²) in [7, 11) is 2.19. The molecule has 0 saturated carbocycles. The second kappa shape index (κ2) is 4.40. The van der Waals surface area contributed by atoms with Crippen LogP contribution < -0.4 is 5.32 Å². The van der Waals surface area contributed by atoms with Gasteiger partial charge in [-0.15, -0.1) is 0 Å². The Morgan fingerprint density at radius 2 is 2.08 bits per heavy atom. The van der Waals surface area contributed by atoms with Gasteiger partial charge in [-0.1, -0.05) is 0 Å². The average molecular weight is 184 g/mol. The zero-order chi connectivity index (χ0) is 9.10. The van der Waals surface area contributed by atoms with Gasteiger partial charge in [0.15, 0.2) is 0 Å². The number of hydrogen-bond acceptors (Lipinski definition) is 3. The van der Waals surface area contributed by atoms with Crippen LogP contribution in [-0.2, 0) is 4.74 Å². The second-order valence-corrected chi connectivity index (χ2v) is 4.26. The number of nitrogens with one attached hydrogen (secondary N) is 1. The third-order valence-electron chi connectivity index (χ3n) is 3.21. The molecule has 2 heterocycles. The number of ether oxygens (including phenoxy) is 1. The highest BCUT2D eigenvalue weighted by molar-refractivity contribution is 4.80. The number of hydrogen-bond donors (Lipinski definition) is 1. The maximum atomic E-state index is 5.82. The molecule has 0 aliphatic carbocycles. The first-order valence-electron chi connectivity index (χ1n) is 5.37. The summed E-state index contributed by atoms with van der Waals surface area (Å²) in [5.41, 5.74) is 0. The van der Waals surface area contributed by atoms with Crippen molar-refractivity contribution < 1.29 is 4.74 Å². The summed E-state index contributed by atoms with van der Waals surface area (Å²) < 4.78 is 5.82. The predicted octanol–water partition coefficient (Wildman–Crippen LogP) is 0.317. The Bertz CT molecular complexity index is 157. The minimum absolute atomic E-state index is 0.501. The van der Waals surface area contributed by atoms with Crippen molar-refractivity contribution in [1.29, 1.82) is 0 Å². The third-order valence-corrected chi connectivity index (χ3v) is 3.21. The van der Waals surface area contributed by atoms with E-state index in [-0.39, 0.29) is 0 Å². The molecular formula is C10H20N2O. The normalized spacial score (nSPS) is 33.5. The summed E-state index contributed by atoms with van der Waals surface area (Å²) in [5.74, 6) is 0.795. The molecular weight excluding hydrogens is 164 g/mol. The zero-order valence-electron chi connectivity index (χ0n) is 8.46. The van der Waals surface area contributed by atoms with Gasteiger partial charge in [-0.2, -0.15) is 0 Å². The Labute approximate surface area is 80.4 Å². The average Bonchev–Trinajstić information content (AvgIpc) is 2.19. The lowest BCUT2D eigenvalue weighted by Gasteiger charge is -2.37. The van der Waals surface area contributed by atoms with Crippen LogP contribution in [0.2, 0.25) is 0 Å². The SMILES string of the molecule is CN1CCO[C@H](C2CCNCC2)C1. The molecule has 0 radical (unpaired) electrons. The van der Waals surface area contributed by atoms with Crippen LogP contribution in [-0.4, -0.2) is 50.8 Å². The van der Waals surface area contributed by atoms with Gasteiger partial charge in [-0.3, -0.25) is 0 Å². The number of likely N-dealkylation sites (N-methyl/N-ethyl adjacent to an activating group) is 1. The van der Waals surface area contributed by atoms with E-state index < -0.39 is 0 Å². The number of piperidine rings is 1. The van der Waals surface area contributed by atoms with Gasteiger partial charge >= 0.3 is 0 Å². The molecule has 0 aromatic rings. The molecule has 2 aliphatic heterocycles. The first-order valence-corrected chi connectivity index (χ1v) is 5.37. The summed E-state index contributed by atoms with van der Waals surface area (Å²) in [6, 6.07) is 0. The Morgan fingerprint density at radius 1 is 1.31 bits per heavy atom. The summed E-state index contributed by atoms with van der Waals surface area (Å²) in [6.07, 6.45) is 3.08. The molecule has 0 unspecified atom stereocenters. The van der Waals surface area contributed by atoms with Gasteiger partial charge in [0, 0.05) is 13.1 Å². The van der Waals surface area contributed by atoms with E-state index >= 15 is 0 Å². The molecule has 76 valence electrons. The molecule has 2 aliphatic rings. The van der Waals surface area contributed by atoms with Crippen molar-refractivity contribution in [1.82, 2.24) is 10.2 Å². The van der Waals surface area contributed by atoms with Gasteiger partial charge in [0.05, 0.1) is 12.7 Å². The summed E-state index contributed by atoms with van der Waals surface area (Å²) in [5, 5.41) is 3.40. The smallest absolute Gasteiger partial charge is 0.0731 e. The third kappa shape index (κ3) is 2.42. The molecule has 1 atom stereocenters. The van der Waals surface area contributed by atoms with Crippen LogP contribution in [0.15, 0.2) is 0 Å². The van der Waals surface area contributed by atoms with E-state index in [1.54, 1.807) is 0 Å². The van der Waals surface area contributed by atoms with Crippen LogP contribution in [0, 0.1) is 5.92 Å². The summed E-state index contributed by atoms with van der Waals surface area (Å²) >= 11 is 0. The van der Waals surface area contributed by atoms with Crippen molar-refractivity contribution in [3.05, 3.63) is 0 Å². The van der Waals surface area contributed by atoms with Crippen molar-refractivity contribution in [2.24, 2.45) is 5.92 Å². The van der Waals surface area contributed by atoms with E-state index in [2.05, 4.69) is 17.3 Å². The van der Waals surface area contributed by atoms with Gasteiger partial charge in [0.1, 0.15) is 0 Å². The van der Waals surface area contributed by atoms with Crippen LogP contribution in [0.4, 0.5) is 0 Å². The van der Waals surface area contributed by atoms with E-state index in [1.165, 1.54) is 25.9 Å². The van der Waals surface area contributed by atoms with Crippen molar-refractivity contribution in [2.75, 3.05) is 39.8 Å². The summed E-state index contributed by atoms with van der Waals surface area (Å²) in [6.45, 7) is 5.50. The monoisotopic (exact) mass is 184 g/mol. The highest BCUT2D eigenvalue weighted by Crippen LogP contribution is 2.21. The highest BCUT2D eigenvalue weighted by atomic mass is 16.5. The molecule has 13 heavy (non-hydrogen) atoms. The van der Waals surface area contributed by atoms with Crippen LogP contribution in [0.1, 0.15) is 12.8 Å². The molecule has 0 spiro atoms. The van der Waals surface area contributed by atoms with E-state index in [0.29, 0.717) is 6.10 Å². The summed E-state index contributed by atoms with van der Waals surface area (Å²) in [4.78, 5) is 2.39. The van der Waals surface area contributed by atoms with Crippen molar-refractivity contribution in [3.63, 3.8) is 0 Å². The number of rotatable bonds is 1. The molecule has 3 nitrogen and oxygen atoms in total. The van der Waals surface area contributed by atoms with Crippen LogP contribution in [0.25, 0.3) is 0 Å². The second-order valence-electron chi connectivity index (χ2n) is 4.26. The van der Waals surface area contributed by atoms with Crippen LogP contribution in [0.5, 0.6) is 0 Å². The van der Waals surface area contributed by atoms with Crippen molar-refractivity contribution >= 4 is 0 Å². The molecule has 0 bridgehead atoms. The van der Waals surface area contributed by atoms with Gasteiger partial charge in [-0.05, 0) is 38.9 Å². The van der Waals surface area contributed by atoms with E-state index in [0.717, 1.165) is 25.6 Å². The lowest BCUT2D eigenvalue weighted by molar-refractivity contribution is -0.0562. The fourth-order valence-electron chi connectivity index (χ4n) is 2.31. The molecule has 0 amide bonds. The lowest BCUT2D eigenvalue weighted by atomic mass is 9.91. The Hall–Kier alpha value is -0.120. The molecule has 2 rings (SSSR count). The Kier molecular flexibility index (Phi) is 3.19. The lowest BCUT2D eigenvalue weighted by Crippen LogP contribution is -2.46. The van der Waals surface area contributed by atoms with E-state index in [9.17, 15) is 0 Å². The minimum Gasteiger partial charge on any atom is -0.375 e. The number of morpholine rings is 1. The van der Waals surface area contributed by atoms with Crippen LogP contribution in [0.3, 0.4) is 0 Å². The van der Waals surface area contributed by atoms with E-state index in [1.807, 2.05) is 0 Å². The van der Waals surface area contributed by atoms with Gasteiger partial charge in [0.2, 0.25) is 0 Å². The highest BCUT2D eigenvalue weighted by Gasteiger charge is 2.27. The van der Waals surface area contributed by atoms with Gasteiger partial charge in [-0.25, -0.2) is 0 Å². The first kappa shape index (κ1) is 9.44. The molecule has 2 fully saturated rings. The largest absolute Gasteiger partial charge is 0.375 e. The zero-order valence-corrected chi connectivity index (χ0v) is 8.46. The molecule has 0 aromatic heterocycles. The topological polar surface area (TPSA) is 24.5 Å². The van der Waals surface area contributed by atoms with Gasteiger partial charge < -0.3 is 15.0 Å². The molecule has 3 heteroatoms. The maximum Gasteiger partial charge on any atom is 0.0731 e. The first-order chi connectivity index (χ1) is 6.36. The fourth-order valence-corrected chi connectivity index (χ4v) is 2.31. The standard InChI is InChI=1S/C10H20N2O/c1-12-6-7-13-10(8-12)9-2-4-11-5-3-9/h9-11H,2-8H2,1H3/t10-/m0/s1. The van der Waals surface area contributed by atoms with Gasteiger partial charge in [0.25, 0.3) is 0 Å². The molecule has 1 N–H and O–H groups in total.